The molecule has 16 heavy (non-hydrogen) atoms. The van der Waals surface area contributed by atoms with E-state index in [4.69, 9.17) is 9.47 Å². The van der Waals surface area contributed by atoms with E-state index >= 15 is 0 Å². The quantitative estimate of drug-likeness (QED) is 0.593. The van der Waals surface area contributed by atoms with E-state index in [1.165, 1.54) is 10.6 Å². The minimum atomic E-state index is -0.0793. The van der Waals surface area contributed by atoms with Crippen molar-refractivity contribution in [2.45, 2.75) is 30.6 Å². The van der Waals surface area contributed by atoms with Crippen molar-refractivity contribution in [3.8, 4) is 0 Å². The SMILES string of the molecule is COC(C)OC1CC[S+](c2ccccc2)C1. The van der Waals surface area contributed by atoms with Crippen LogP contribution in [0.2, 0.25) is 0 Å². The Morgan fingerprint density at radius 3 is 2.75 bits per heavy atom. The van der Waals surface area contributed by atoms with Gasteiger partial charge < -0.3 is 9.47 Å². The van der Waals surface area contributed by atoms with Crippen molar-refractivity contribution in [2.24, 2.45) is 0 Å². The molecule has 1 fully saturated rings. The summed E-state index contributed by atoms with van der Waals surface area (Å²) in [6.45, 7) is 1.96. The molecular weight excluding hydrogens is 220 g/mol. The lowest BCUT2D eigenvalue weighted by atomic mass is 10.3. The second kappa shape index (κ2) is 5.71. The minimum Gasteiger partial charge on any atom is -0.356 e. The van der Waals surface area contributed by atoms with Crippen LogP contribution in [0.1, 0.15) is 13.3 Å². The summed E-state index contributed by atoms with van der Waals surface area (Å²) in [5, 5.41) is 0. The summed E-state index contributed by atoms with van der Waals surface area (Å²) in [5.41, 5.74) is 0. The largest absolute Gasteiger partial charge is 0.356 e. The van der Waals surface area contributed by atoms with Crippen LogP contribution in [0, 0.1) is 0 Å². The van der Waals surface area contributed by atoms with Gasteiger partial charge in [0.05, 0.1) is 0 Å². The van der Waals surface area contributed by atoms with E-state index < -0.39 is 0 Å². The lowest BCUT2D eigenvalue weighted by molar-refractivity contribution is -0.136. The van der Waals surface area contributed by atoms with Crippen molar-refractivity contribution in [3.05, 3.63) is 30.3 Å². The van der Waals surface area contributed by atoms with Gasteiger partial charge in [0.2, 0.25) is 0 Å². The molecule has 0 radical (unpaired) electrons. The van der Waals surface area contributed by atoms with Gasteiger partial charge in [-0.3, -0.25) is 0 Å². The average molecular weight is 239 g/mol. The Labute approximate surface area is 100 Å². The van der Waals surface area contributed by atoms with Gasteiger partial charge in [0.15, 0.2) is 11.2 Å². The van der Waals surface area contributed by atoms with Gasteiger partial charge in [0.25, 0.3) is 0 Å². The molecule has 1 aromatic rings. The van der Waals surface area contributed by atoms with Gasteiger partial charge in [-0.05, 0) is 19.1 Å². The zero-order chi connectivity index (χ0) is 11.4. The highest BCUT2D eigenvalue weighted by Crippen LogP contribution is 2.25. The van der Waals surface area contributed by atoms with Crippen molar-refractivity contribution >= 4 is 10.9 Å². The summed E-state index contributed by atoms with van der Waals surface area (Å²) < 4.78 is 10.9. The molecule has 0 spiro atoms. The van der Waals surface area contributed by atoms with Gasteiger partial charge in [-0.1, -0.05) is 18.2 Å². The Balaban J connectivity index is 1.89. The number of ether oxygens (including phenoxy) is 2. The maximum absolute atomic E-state index is 5.80. The van der Waals surface area contributed by atoms with Crippen molar-refractivity contribution in [1.82, 2.24) is 0 Å². The first kappa shape index (κ1) is 12.0. The van der Waals surface area contributed by atoms with Crippen molar-refractivity contribution < 1.29 is 9.47 Å². The standard InChI is InChI=1S/C13H19O2S/c1-11(14-2)15-12-8-9-16(10-12)13-6-4-3-5-7-13/h3-7,11-12H,8-10H2,1-2H3/q+1. The molecule has 3 heteroatoms. The Morgan fingerprint density at radius 1 is 1.31 bits per heavy atom. The van der Waals surface area contributed by atoms with Crippen molar-refractivity contribution in [3.63, 3.8) is 0 Å². The van der Waals surface area contributed by atoms with E-state index in [2.05, 4.69) is 30.3 Å². The zero-order valence-electron chi connectivity index (χ0n) is 9.89. The molecule has 88 valence electrons. The number of methoxy groups -OCH3 is 1. The second-order valence-electron chi connectivity index (χ2n) is 4.03. The first-order chi connectivity index (χ1) is 7.79. The lowest BCUT2D eigenvalue weighted by Gasteiger charge is -2.14. The Hall–Kier alpha value is -0.510. The molecule has 1 aliphatic heterocycles. The summed E-state index contributed by atoms with van der Waals surface area (Å²) in [4.78, 5) is 1.47. The molecule has 1 saturated heterocycles. The molecule has 0 aliphatic carbocycles. The second-order valence-corrected chi connectivity index (χ2v) is 6.23. The van der Waals surface area contributed by atoms with Gasteiger partial charge in [-0.15, -0.1) is 0 Å². The van der Waals surface area contributed by atoms with Crippen LogP contribution in [-0.2, 0) is 20.4 Å². The molecule has 0 aromatic heterocycles. The van der Waals surface area contributed by atoms with Crippen LogP contribution >= 0.6 is 0 Å². The zero-order valence-corrected chi connectivity index (χ0v) is 10.7. The Morgan fingerprint density at radius 2 is 2.06 bits per heavy atom. The number of hydrogen-bond donors (Lipinski definition) is 0. The van der Waals surface area contributed by atoms with Crippen LogP contribution in [-0.4, -0.2) is 31.0 Å². The molecule has 1 aromatic carbocycles. The summed E-state index contributed by atoms with van der Waals surface area (Å²) in [6, 6.07) is 10.8. The number of benzene rings is 1. The van der Waals surface area contributed by atoms with Gasteiger partial charge in [-0.25, -0.2) is 0 Å². The van der Waals surface area contributed by atoms with Crippen LogP contribution in [0.15, 0.2) is 35.2 Å². The minimum absolute atomic E-state index is 0.0793. The highest BCUT2D eigenvalue weighted by Gasteiger charge is 2.35. The topological polar surface area (TPSA) is 18.5 Å². The van der Waals surface area contributed by atoms with Crippen LogP contribution in [0.3, 0.4) is 0 Å². The van der Waals surface area contributed by atoms with E-state index in [1.807, 2.05) is 6.92 Å². The summed E-state index contributed by atoms with van der Waals surface area (Å²) in [5.74, 6) is 2.41. The molecule has 1 aliphatic rings. The fourth-order valence-corrected chi connectivity index (χ4v) is 4.30. The molecule has 2 nitrogen and oxygen atoms in total. The van der Waals surface area contributed by atoms with Crippen LogP contribution < -0.4 is 0 Å². The molecule has 2 rings (SSSR count). The highest BCUT2D eigenvalue weighted by molar-refractivity contribution is 7.97. The number of rotatable bonds is 4. The first-order valence-electron chi connectivity index (χ1n) is 5.70. The fourth-order valence-electron chi connectivity index (χ4n) is 1.93. The van der Waals surface area contributed by atoms with E-state index in [-0.39, 0.29) is 6.29 Å². The smallest absolute Gasteiger partial charge is 0.155 e. The van der Waals surface area contributed by atoms with E-state index in [1.54, 1.807) is 7.11 Å². The maximum Gasteiger partial charge on any atom is 0.155 e. The number of hydrogen-bond acceptors (Lipinski definition) is 2. The molecule has 3 unspecified atom stereocenters. The van der Waals surface area contributed by atoms with E-state index in [0.29, 0.717) is 17.0 Å². The molecule has 1 heterocycles. The van der Waals surface area contributed by atoms with Crippen LogP contribution in [0.5, 0.6) is 0 Å². The van der Waals surface area contributed by atoms with E-state index in [9.17, 15) is 0 Å². The van der Waals surface area contributed by atoms with Crippen molar-refractivity contribution in [2.75, 3.05) is 18.6 Å². The molecule has 0 N–H and O–H groups in total. The van der Waals surface area contributed by atoms with Gasteiger partial charge in [0.1, 0.15) is 17.6 Å². The van der Waals surface area contributed by atoms with Gasteiger partial charge >= 0.3 is 0 Å². The third-order valence-electron chi connectivity index (χ3n) is 2.87. The first-order valence-corrected chi connectivity index (χ1v) is 7.26. The molecule has 0 bridgehead atoms. The fraction of sp³-hybridized carbons (Fsp3) is 0.538. The normalized spacial score (nSPS) is 26.9. The maximum atomic E-state index is 5.80. The predicted octanol–water partition coefficient (Wildman–Crippen LogP) is 2.45. The Kier molecular flexibility index (Phi) is 4.27. The van der Waals surface area contributed by atoms with Gasteiger partial charge in [-0.2, -0.15) is 0 Å². The molecule has 3 atom stereocenters. The molecule has 0 amide bonds. The Bertz CT molecular complexity index is 315. The lowest BCUT2D eigenvalue weighted by Crippen LogP contribution is -2.22. The van der Waals surface area contributed by atoms with Crippen molar-refractivity contribution in [1.29, 1.82) is 0 Å². The summed E-state index contributed by atoms with van der Waals surface area (Å²) in [6.07, 6.45) is 1.45. The highest BCUT2D eigenvalue weighted by atomic mass is 32.2. The molecular formula is C13H19O2S+. The predicted molar refractivity (Wildman–Crippen MR) is 67.8 cm³/mol. The van der Waals surface area contributed by atoms with Crippen LogP contribution in [0.4, 0.5) is 0 Å². The third-order valence-corrected chi connectivity index (χ3v) is 5.31. The monoisotopic (exact) mass is 239 g/mol. The third kappa shape index (κ3) is 3.00. The van der Waals surface area contributed by atoms with E-state index in [0.717, 1.165) is 12.2 Å². The summed E-state index contributed by atoms with van der Waals surface area (Å²) >= 11 is 0. The molecule has 0 saturated carbocycles. The van der Waals surface area contributed by atoms with Crippen LogP contribution in [0.25, 0.3) is 0 Å². The summed E-state index contributed by atoms with van der Waals surface area (Å²) in [7, 11) is 2.07. The van der Waals surface area contributed by atoms with Gasteiger partial charge in [0, 0.05) is 24.4 Å². The average Bonchev–Trinajstić information content (AvgIpc) is 2.78.